The van der Waals surface area contributed by atoms with Gasteiger partial charge >= 0.3 is 6.09 Å². The van der Waals surface area contributed by atoms with Crippen LogP contribution in [0.2, 0.25) is 0 Å². The van der Waals surface area contributed by atoms with Gasteiger partial charge in [0.05, 0.1) is 12.8 Å². The fourth-order valence-electron chi connectivity index (χ4n) is 3.27. The summed E-state index contributed by atoms with van der Waals surface area (Å²) < 4.78 is 12.6. The summed E-state index contributed by atoms with van der Waals surface area (Å²) in [5, 5.41) is 10.6. The molecular formula is C20H26N6O4. The van der Waals surface area contributed by atoms with Gasteiger partial charge in [0, 0.05) is 18.8 Å². The van der Waals surface area contributed by atoms with E-state index in [1.807, 2.05) is 28.8 Å². The first kappa shape index (κ1) is 21.3. The summed E-state index contributed by atoms with van der Waals surface area (Å²) in [5.74, 6) is 1.49. The number of nitrogens with two attached hydrogens (primary N) is 1. The molecule has 2 heterocycles. The van der Waals surface area contributed by atoms with E-state index in [0.29, 0.717) is 25.2 Å². The van der Waals surface area contributed by atoms with Crippen molar-refractivity contribution in [2.75, 3.05) is 25.6 Å². The van der Waals surface area contributed by atoms with Crippen molar-refractivity contribution >= 4 is 23.2 Å². The maximum Gasteiger partial charge on any atom is 0.402 e. The minimum absolute atomic E-state index is 0.479. The zero-order valence-corrected chi connectivity index (χ0v) is 16.8. The van der Waals surface area contributed by atoms with Gasteiger partial charge in [0.25, 0.3) is 0 Å². The number of hydrogen-bond donors (Lipinski definition) is 3. The Morgan fingerprint density at radius 2 is 1.93 bits per heavy atom. The van der Waals surface area contributed by atoms with Crippen LogP contribution in [0.4, 0.5) is 10.7 Å². The molecule has 4 N–H and O–H groups in total. The second-order valence-electron chi connectivity index (χ2n) is 6.82. The van der Waals surface area contributed by atoms with Gasteiger partial charge in [0.2, 0.25) is 5.95 Å². The Kier molecular flexibility index (Phi) is 7.39. The Morgan fingerprint density at radius 3 is 2.60 bits per heavy atom. The molecule has 1 aliphatic carbocycles. The summed E-state index contributed by atoms with van der Waals surface area (Å²) in [6.45, 7) is 1.11. The minimum Gasteiger partial charge on any atom is -0.491 e. The van der Waals surface area contributed by atoms with Crippen molar-refractivity contribution in [3.05, 3.63) is 36.8 Å². The Labute approximate surface area is 174 Å². The molecule has 160 valence electrons. The van der Waals surface area contributed by atoms with Crippen molar-refractivity contribution in [1.82, 2.24) is 19.5 Å². The Bertz CT molecular complexity index is 950. The number of amides is 1. The molecule has 1 saturated carbocycles. The van der Waals surface area contributed by atoms with Crippen LogP contribution in [-0.2, 0) is 4.74 Å². The molecule has 4 rings (SSSR count). The van der Waals surface area contributed by atoms with Crippen LogP contribution in [0.5, 0.6) is 5.75 Å². The average Bonchev–Trinajstić information content (AvgIpc) is 3.38. The second-order valence-corrected chi connectivity index (χ2v) is 6.82. The molecule has 10 nitrogen and oxygen atoms in total. The summed E-state index contributed by atoms with van der Waals surface area (Å²) in [4.78, 5) is 22.3. The molecule has 3 aromatic rings. The van der Waals surface area contributed by atoms with Crippen molar-refractivity contribution in [2.24, 2.45) is 5.73 Å². The van der Waals surface area contributed by atoms with E-state index in [0.717, 1.165) is 22.6 Å². The highest BCUT2D eigenvalue weighted by molar-refractivity contribution is 5.73. The lowest BCUT2D eigenvalue weighted by atomic mass is 10.2. The van der Waals surface area contributed by atoms with E-state index in [4.69, 9.17) is 19.4 Å². The molecule has 1 aromatic carbocycles. The van der Waals surface area contributed by atoms with Gasteiger partial charge in [-0.05, 0) is 37.1 Å². The molecule has 0 bridgehead atoms. The molecule has 1 fully saturated rings. The first-order valence-electron chi connectivity index (χ1n) is 9.74. The largest absolute Gasteiger partial charge is 0.491 e. The maximum absolute atomic E-state index is 8.78. The zero-order chi connectivity index (χ0) is 21.3. The molecule has 0 radical (unpaired) electrons. The fourth-order valence-corrected chi connectivity index (χ4v) is 3.27. The molecule has 1 amide bonds. The minimum atomic E-state index is -1.33. The van der Waals surface area contributed by atoms with E-state index in [-0.39, 0.29) is 0 Å². The smallest absolute Gasteiger partial charge is 0.402 e. The first-order chi connectivity index (χ1) is 14.6. The van der Waals surface area contributed by atoms with Crippen LogP contribution in [0.15, 0.2) is 36.8 Å². The second kappa shape index (κ2) is 10.4. The molecule has 1 aliphatic rings. The molecular weight excluding hydrogens is 388 g/mol. The highest BCUT2D eigenvalue weighted by Gasteiger charge is 2.16. The van der Waals surface area contributed by atoms with Gasteiger partial charge in [-0.2, -0.15) is 4.98 Å². The predicted octanol–water partition coefficient (Wildman–Crippen LogP) is 2.82. The number of methoxy groups -OCH3 is 1. The first-order valence-corrected chi connectivity index (χ1v) is 9.74. The van der Waals surface area contributed by atoms with Crippen LogP contribution in [0.25, 0.3) is 16.9 Å². The molecule has 0 saturated heterocycles. The lowest BCUT2D eigenvalue weighted by Crippen LogP contribution is -2.16. The number of hydrogen-bond acceptors (Lipinski definition) is 7. The van der Waals surface area contributed by atoms with Gasteiger partial charge in [-0.1, -0.05) is 12.8 Å². The summed E-state index contributed by atoms with van der Waals surface area (Å²) in [5.41, 5.74) is 6.59. The number of fused-ring (bicyclic) bond motifs is 1. The third-order valence-corrected chi connectivity index (χ3v) is 4.65. The van der Waals surface area contributed by atoms with Crippen LogP contribution in [0.1, 0.15) is 25.7 Å². The van der Waals surface area contributed by atoms with Crippen molar-refractivity contribution in [2.45, 2.75) is 31.7 Å². The monoisotopic (exact) mass is 414 g/mol. The summed E-state index contributed by atoms with van der Waals surface area (Å²) >= 11 is 0. The van der Waals surface area contributed by atoms with E-state index < -0.39 is 6.09 Å². The molecule has 2 aromatic heterocycles. The summed E-state index contributed by atoms with van der Waals surface area (Å²) in [6.07, 6.45) is 7.14. The molecule has 10 heteroatoms. The topological polar surface area (TPSA) is 137 Å². The van der Waals surface area contributed by atoms with Crippen LogP contribution in [0.3, 0.4) is 0 Å². The van der Waals surface area contributed by atoms with Crippen molar-refractivity contribution in [3.8, 4) is 11.4 Å². The number of primary amides is 1. The average molecular weight is 414 g/mol. The Morgan fingerprint density at radius 1 is 1.23 bits per heavy atom. The fraction of sp³-hybridized carbons (Fsp3) is 0.400. The highest BCUT2D eigenvalue weighted by atomic mass is 16.5. The van der Waals surface area contributed by atoms with Crippen molar-refractivity contribution in [1.29, 1.82) is 0 Å². The van der Waals surface area contributed by atoms with Gasteiger partial charge in [-0.15, -0.1) is 0 Å². The summed E-state index contributed by atoms with van der Waals surface area (Å²) in [7, 11) is 1.66. The van der Waals surface area contributed by atoms with Crippen molar-refractivity contribution in [3.63, 3.8) is 0 Å². The number of carbonyl (C=O) groups is 1. The lowest BCUT2D eigenvalue weighted by molar-refractivity contribution is 0.146. The van der Waals surface area contributed by atoms with Gasteiger partial charge < -0.3 is 25.6 Å². The maximum atomic E-state index is 8.78. The van der Waals surface area contributed by atoms with Gasteiger partial charge in [-0.25, -0.2) is 14.8 Å². The van der Waals surface area contributed by atoms with Crippen LogP contribution in [0, 0.1) is 0 Å². The molecule has 0 spiro atoms. The van der Waals surface area contributed by atoms with E-state index in [9.17, 15) is 0 Å². The van der Waals surface area contributed by atoms with Gasteiger partial charge in [-0.3, -0.25) is 4.57 Å². The Hall–Kier alpha value is -3.40. The van der Waals surface area contributed by atoms with Crippen LogP contribution >= 0.6 is 0 Å². The number of rotatable bonds is 7. The quantitative estimate of drug-likeness (QED) is 0.502. The third-order valence-electron chi connectivity index (χ3n) is 4.65. The zero-order valence-electron chi connectivity index (χ0n) is 16.8. The Balaban J connectivity index is 0.000000589. The highest BCUT2D eigenvalue weighted by Crippen LogP contribution is 2.23. The third kappa shape index (κ3) is 5.80. The number of nitrogens with zero attached hydrogens (tertiary/aromatic N) is 4. The molecule has 30 heavy (non-hydrogen) atoms. The number of carboxylic acid groups (broad SMARTS) is 1. The van der Waals surface area contributed by atoms with E-state index in [1.165, 1.54) is 25.7 Å². The van der Waals surface area contributed by atoms with Crippen LogP contribution in [-0.4, -0.2) is 57.1 Å². The number of imidazole rings is 1. The normalized spacial score (nSPS) is 13.6. The van der Waals surface area contributed by atoms with Crippen LogP contribution < -0.4 is 15.8 Å². The molecule has 0 unspecified atom stereocenters. The number of aromatic nitrogens is 4. The number of anilines is 1. The van der Waals surface area contributed by atoms with E-state index in [2.05, 4.69) is 26.0 Å². The van der Waals surface area contributed by atoms with Gasteiger partial charge in [0.1, 0.15) is 24.2 Å². The van der Waals surface area contributed by atoms with E-state index in [1.54, 1.807) is 19.6 Å². The van der Waals surface area contributed by atoms with Crippen molar-refractivity contribution < 1.29 is 19.4 Å². The number of ether oxygens (including phenoxy) is 2. The predicted molar refractivity (Wildman–Crippen MR) is 112 cm³/mol. The SMILES string of the molecule is COCCOc1ccc(-n2cnc3cnc(NC4CCCC4)nc32)cc1.NC(=O)O. The van der Waals surface area contributed by atoms with E-state index >= 15 is 0 Å². The number of nitrogens with one attached hydrogen (secondary N) is 1. The molecule has 0 aliphatic heterocycles. The summed E-state index contributed by atoms with van der Waals surface area (Å²) in [6, 6.07) is 8.35. The lowest BCUT2D eigenvalue weighted by Gasteiger charge is -2.12. The standard InChI is InChI=1S/C19H23N5O2.CH3NO2/c1-25-10-11-26-16-8-6-15(7-9-16)24-13-21-17-12-20-19(23-18(17)24)22-14-4-2-3-5-14;2-1(3)4/h6-9,12-14H,2-5,10-11H2,1H3,(H,20,22,23);2H2,(H,3,4). The number of benzene rings is 1. The van der Waals surface area contributed by atoms with Gasteiger partial charge in [0.15, 0.2) is 5.65 Å². The molecule has 0 atom stereocenters.